The zero-order valence-corrected chi connectivity index (χ0v) is 26.0. The van der Waals surface area contributed by atoms with Gasteiger partial charge in [0.1, 0.15) is 29.1 Å². The summed E-state index contributed by atoms with van der Waals surface area (Å²) in [5.41, 5.74) is 4.94. The number of hydrogen-bond donors (Lipinski definition) is 2. The van der Waals surface area contributed by atoms with Gasteiger partial charge in [0.2, 0.25) is 0 Å². The predicted octanol–water partition coefficient (Wildman–Crippen LogP) is 6.16. The number of aromatic nitrogens is 3. The maximum absolute atomic E-state index is 13.6. The Kier molecular flexibility index (Phi) is 8.49. The second kappa shape index (κ2) is 11.4. The molecule has 0 amide bonds. The normalized spacial score (nSPS) is 14.1. The van der Waals surface area contributed by atoms with Crippen LogP contribution in [0.4, 0.5) is 0 Å². The molecule has 4 rings (SSSR count). The zero-order chi connectivity index (χ0) is 28.5. The first kappa shape index (κ1) is 29.2. The van der Waals surface area contributed by atoms with E-state index in [1.807, 2.05) is 56.7 Å². The van der Waals surface area contributed by atoms with Gasteiger partial charge >= 0.3 is 0 Å². The molecule has 0 radical (unpaired) electrons. The molecule has 0 aliphatic rings. The molecule has 0 bridgehead atoms. The average Bonchev–Trinajstić information content (AvgIpc) is 3.49. The number of H-pyrrole nitrogens is 1. The summed E-state index contributed by atoms with van der Waals surface area (Å²) in [5.74, 6) is 1.33. The molecule has 2 aromatic heterocycles. The summed E-state index contributed by atoms with van der Waals surface area (Å²) in [5, 5.41) is 10.5. The Morgan fingerprint density at radius 1 is 1.23 bits per heavy atom. The highest BCUT2D eigenvalue weighted by atomic mass is 32.2. The van der Waals surface area contributed by atoms with E-state index in [0.717, 1.165) is 33.6 Å². The van der Waals surface area contributed by atoms with Crippen LogP contribution in [0.2, 0.25) is 25.7 Å². The first-order valence-electron chi connectivity index (χ1n) is 13.1. The van der Waals surface area contributed by atoms with Crippen molar-refractivity contribution >= 4 is 41.4 Å². The summed E-state index contributed by atoms with van der Waals surface area (Å²) in [6.45, 7) is 15.8. The maximum atomic E-state index is 13.6. The number of fused-ring (bicyclic) bond motifs is 2. The number of nitrogens with one attached hydrogen (secondary N) is 2. The molecule has 0 aliphatic heterocycles. The Labute approximate surface area is 235 Å². The molecule has 0 saturated carbocycles. The number of benzene rings is 2. The lowest BCUT2D eigenvalue weighted by Crippen LogP contribution is -2.42. The number of hydrogen-bond acceptors (Lipinski definition) is 6. The molecule has 2 unspecified atom stereocenters. The van der Waals surface area contributed by atoms with Gasteiger partial charge in [0, 0.05) is 48.7 Å². The molecule has 39 heavy (non-hydrogen) atoms. The quantitative estimate of drug-likeness (QED) is 0.135. The van der Waals surface area contributed by atoms with Crippen LogP contribution in [0, 0.1) is 18.3 Å². The Balaban J connectivity index is 1.93. The number of ether oxygens (including phenoxy) is 2. The Morgan fingerprint density at radius 3 is 2.62 bits per heavy atom. The number of aryl methyl sites for hydroxylation is 1. The highest BCUT2D eigenvalue weighted by Crippen LogP contribution is 2.39. The smallest absolute Gasteiger partial charge is 0.140 e. The van der Waals surface area contributed by atoms with Crippen LogP contribution in [0.15, 0.2) is 36.5 Å². The summed E-state index contributed by atoms with van der Waals surface area (Å²) in [4.78, 5) is 8.37. The second-order valence-electron chi connectivity index (χ2n) is 12.1. The summed E-state index contributed by atoms with van der Waals surface area (Å²) >= 11 is -1.43. The third kappa shape index (κ3) is 6.34. The fourth-order valence-corrected chi connectivity index (χ4v) is 6.05. The van der Waals surface area contributed by atoms with Crippen LogP contribution in [0.5, 0.6) is 5.75 Å². The molecule has 2 heterocycles. The van der Waals surface area contributed by atoms with Crippen molar-refractivity contribution in [3.63, 3.8) is 0 Å². The molecule has 2 N–H and O–H groups in total. The largest absolute Gasteiger partial charge is 0.598 e. The van der Waals surface area contributed by atoms with Crippen LogP contribution in [-0.2, 0) is 22.8 Å². The number of aromatic amines is 1. The van der Waals surface area contributed by atoms with Crippen LogP contribution < -0.4 is 9.46 Å². The minimum atomic E-state index is -1.43. The van der Waals surface area contributed by atoms with Crippen LogP contribution in [0.3, 0.4) is 0 Å². The van der Waals surface area contributed by atoms with Gasteiger partial charge in [0.15, 0.2) is 0 Å². The van der Waals surface area contributed by atoms with Gasteiger partial charge in [0.05, 0.1) is 29.8 Å². The van der Waals surface area contributed by atoms with Crippen molar-refractivity contribution in [1.82, 2.24) is 19.3 Å². The van der Waals surface area contributed by atoms with Gasteiger partial charge in [0.25, 0.3) is 0 Å². The SMILES string of the molecule is COc1cc(C)c2[nH]ccc2c1C(N[S+]([O-])C(C)(C)C)c1nc2cc(C#N)ccc2n1COCC[Si](C)(C)C. The molecule has 0 saturated heterocycles. The van der Waals surface area contributed by atoms with Crippen molar-refractivity contribution in [3.8, 4) is 11.8 Å². The molecule has 0 spiro atoms. The summed E-state index contributed by atoms with van der Waals surface area (Å²) in [6, 6.07) is 12.2. The van der Waals surface area contributed by atoms with Crippen LogP contribution in [0.1, 0.15) is 49.3 Å². The van der Waals surface area contributed by atoms with Crippen molar-refractivity contribution in [3.05, 3.63) is 59.0 Å². The van der Waals surface area contributed by atoms with Crippen molar-refractivity contribution < 1.29 is 14.0 Å². The van der Waals surface area contributed by atoms with Crippen molar-refractivity contribution in [1.29, 1.82) is 5.26 Å². The zero-order valence-electron chi connectivity index (χ0n) is 24.1. The monoisotopic (exact) mass is 565 g/mol. The number of imidazole rings is 1. The van der Waals surface area contributed by atoms with E-state index >= 15 is 0 Å². The van der Waals surface area contributed by atoms with Crippen molar-refractivity contribution in [2.24, 2.45) is 0 Å². The highest BCUT2D eigenvalue weighted by molar-refractivity contribution is 7.90. The number of nitriles is 1. The van der Waals surface area contributed by atoms with E-state index < -0.39 is 30.2 Å². The number of rotatable bonds is 10. The highest BCUT2D eigenvalue weighted by Gasteiger charge is 2.36. The third-order valence-corrected chi connectivity index (χ3v) is 9.98. The van der Waals surface area contributed by atoms with Crippen molar-refractivity contribution in [2.75, 3.05) is 13.7 Å². The topological polar surface area (TPSA) is 111 Å². The maximum Gasteiger partial charge on any atom is 0.140 e. The van der Waals surface area contributed by atoms with Gasteiger partial charge in [-0.1, -0.05) is 19.6 Å². The van der Waals surface area contributed by atoms with E-state index in [1.165, 1.54) is 0 Å². The average molecular weight is 566 g/mol. The molecule has 0 aliphatic carbocycles. The fourth-order valence-electron chi connectivity index (χ4n) is 4.50. The van der Waals surface area contributed by atoms with Gasteiger partial charge in [-0.2, -0.15) is 5.26 Å². The van der Waals surface area contributed by atoms with Gasteiger partial charge < -0.3 is 23.6 Å². The molecule has 4 aromatic rings. The van der Waals surface area contributed by atoms with E-state index in [1.54, 1.807) is 19.2 Å². The van der Waals surface area contributed by atoms with Gasteiger partial charge in [-0.25, -0.2) is 4.98 Å². The molecule has 2 atom stereocenters. The van der Waals surface area contributed by atoms with Gasteiger partial charge in [-0.15, -0.1) is 4.72 Å². The summed E-state index contributed by atoms with van der Waals surface area (Å²) in [7, 11) is 0.374. The Bertz CT molecular complexity index is 1510. The summed E-state index contributed by atoms with van der Waals surface area (Å²) in [6.07, 6.45) is 1.90. The lowest BCUT2D eigenvalue weighted by Gasteiger charge is -2.29. The van der Waals surface area contributed by atoms with E-state index in [-0.39, 0.29) is 6.73 Å². The van der Waals surface area contributed by atoms with Crippen LogP contribution in [0.25, 0.3) is 21.9 Å². The number of nitrogens with zero attached hydrogens (tertiary/aromatic N) is 3. The lowest BCUT2D eigenvalue weighted by molar-refractivity contribution is 0.0873. The van der Waals surface area contributed by atoms with E-state index in [0.29, 0.717) is 29.3 Å². The first-order valence-corrected chi connectivity index (χ1v) is 18.0. The second-order valence-corrected chi connectivity index (χ2v) is 19.7. The van der Waals surface area contributed by atoms with Crippen LogP contribution in [-0.4, -0.2) is 45.6 Å². The molecule has 10 heteroatoms. The number of methoxy groups -OCH3 is 1. The molecular weight excluding hydrogens is 527 g/mol. The molecular formula is C29H39N5O3SSi. The minimum absolute atomic E-state index is 0.285. The lowest BCUT2D eigenvalue weighted by atomic mass is 9.98. The van der Waals surface area contributed by atoms with Gasteiger partial charge in [-0.3, -0.25) is 0 Å². The minimum Gasteiger partial charge on any atom is -0.598 e. The van der Waals surface area contributed by atoms with E-state index in [9.17, 15) is 9.81 Å². The Hall–Kier alpha value is -2.81. The van der Waals surface area contributed by atoms with Crippen molar-refractivity contribution in [2.45, 2.75) is 70.9 Å². The third-order valence-electron chi connectivity index (χ3n) is 6.72. The van der Waals surface area contributed by atoms with Gasteiger partial charge in [-0.05, 0) is 69.6 Å². The predicted molar refractivity (Wildman–Crippen MR) is 161 cm³/mol. The van der Waals surface area contributed by atoms with Crippen LogP contribution >= 0.6 is 0 Å². The Morgan fingerprint density at radius 2 is 1.97 bits per heavy atom. The molecule has 0 fully saturated rings. The van der Waals surface area contributed by atoms with E-state index in [4.69, 9.17) is 14.5 Å². The molecule has 208 valence electrons. The van der Waals surface area contributed by atoms with E-state index in [2.05, 4.69) is 35.4 Å². The fraction of sp³-hybridized carbons (Fsp3) is 0.448. The molecule has 2 aromatic carbocycles. The summed E-state index contributed by atoms with van der Waals surface area (Å²) < 4.78 is 30.6. The molecule has 8 nitrogen and oxygen atoms in total. The first-order chi connectivity index (χ1) is 18.3. The standard InChI is InChI=1S/C29H39N5O3SSi/c1-19-15-24(36-5)25(21-11-12-31-26(19)21)27(33-38(35)29(2,3)4)28-32-22-16-20(17-30)9-10-23(22)34(28)18-37-13-14-39(6,7)8/h9-12,15-16,27,31,33H,13-14,18H2,1-8H3.